The van der Waals surface area contributed by atoms with E-state index in [9.17, 15) is 22.1 Å². The number of benzene rings is 2. The summed E-state index contributed by atoms with van der Waals surface area (Å²) >= 11 is 1.48. The number of thiazole rings is 1. The van der Waals surface area contributed by atoms with Gasteiger partial charge in [-0.2, -0.15) is 4.57 Å². The van der Waals surface area contributed by atoms with Crippen LogP contribution in [0, 0.1) is 0 Å². The van der Waals surface area contributed by atoms with Crippen molar-refractivity contribution in [1.82, 2.24) is 4.98 Å². The molecule has 2 aromatic carbocycles. The number of pyridine rings is 1. The number of carbonyl (C=O) groups excluding carboxylic acids is 1. The van der Waals surface area contributed by atoms with Crippen LogP contribution in [-0.4, -0.2) is 24.8 Å². The number of halogens is 4. The van der Waals surface area contributed by atoms with E-state index in [1.165, 1.54) is 11.3 Å². The molecular formula is C23H19BF4N2O2S. The molecule has 0 atom stereocenters. The first-order valence-electron chi connectivity index (χ1n) is 9.93. The lowest BCUT2D eigenvalue weighted by Crippen LogP contribution is -2.41. The standard InChI is InChI=1S/C23H19N2O2S.BF4/c1-2-27-22(26)21-16-19(17-9-5-3-6-10-17)15-20(18-11-7-4-8-12-18)25(21)23-24-13-14-28-23;2-1(3,4)5/h3-16H,2H2,1H3;/q+1;-1. The number of rotatable bonds is 5. The summed E-state index contributed by atoms with van der Waals surface area (Å²) in [5.41, 5.74) is 4.34. The van der Waals surface area contributed by atoms with Gasteiger partial charge >= 0.3 is 18.4 Å². The van der Waals surface area contributed by atoms with Crippen LogP contribution in [0.1, 0.15) is 17.4 Å². The minimum Gasteiger partial charge on any atom is -0.460 e. The summed E-state index contributed by atoms with van der Waals surface area (Å²) in [6.07, 6.45) is 1.74. The molecule has 0 bridgehead atoms. The Balaban J connectivity index is 0.000000555. The van der Waals surface area contributed by atoms with E-state index >= 15 is 0 Å². The van der Waals surface area contributed by atoms with Gasteiger partial charge in [-0.3, -0.25) is 0 Å². The maximum Gasteiger partial charge on any atom is 0.673 e. The lowest BCUT2D eigenvalue weighted by molar-refractivity contribution is -0.586. The number of aromatic nitrogens is 2. The lowest BCUT2D eigenvalue weighted by Gasteiger charge is -2.12. The predicted molar refractivity (Wildman–Crippen MR) is 121 cm³/mol. The quantitative estimate of drug-likeness (QED) is 0.149. The van der Waals surface area contributed by atoms with Crippen LogP contribution in [0.4, 0.5) is 17.3 Å². The molecule has 4 nitrogen and oxygen atoms in total. The number of esters is 1. The van der Waals surface area contributed by atoms with E-state index in [1.807, 2.05) is 83.6 Å². The van der Waals surface area contributed by atoms with Gasteiger partial charge in [-0.1, -0.05) is 72.0 Å². The average Bonchev–Trinajstić information content (AvgIpc) is 3.33. The second-order valence-corrected chi connectivity index (χ2v) is 7.48. The molecule has 0 aliphatic carbocycles. The minimum atomic E-state index is -6.00. The summed E-state index contributed by atoms with van der Waals surface area (Å²) in [5, 5.41) is 2.62. The number of carbonyl (C=O) groups is 1. The molecule has 0 aliphatic heterocycles. The van der Waals surface area contributed by atoms with E-state index in [0.29, 0.717) is 12.3 Å². The number of ether oxygens (including phenoxy) is 1. The van der Waals surface area contributed by atoms with Gasteiger partial charge in [0.25, 0.3) is 0 Å². The molecule has 0 spiro atoms. The predicted octanol–water partition coefficient (Wildman–Crippen LogP) is 6.23. The molecule has 2 heterocycles. The molecule has 0 saturated carbocycles. The molecule has 4 rings (SSSR count). The largest absolute Gasteiger partial charge is 0.673 e. The topological polar surface area (TPSA) is 43.1 Å². The minimum absolute atomic E-state index is 0.312. The van der Waals surface area contributed by atoms with Crippen molar-refractivity contribution in [2.24, 2.45) is 0 Å². The third-order valence-electron chi connectivity index (χ3n) is 4.34. The van der Waals surface area contributed by atoms with Gasteiger partial charge in [-0.15, -0.1) is 0 Å². The third kappa shape index (κ3) is 6.73. The Bertz CT molecular complexity index is 1180. The zero-order chi connectivity index (χ0) is 23.8. The van der Waals surface area contributed by atoms with E-state index in [0.717, 1.165) is 27.5 Å². The molecule has 0 N–H and O–H groups in total. The Hall–Kier alpha value is -3.53. The van der Waals surface area contributed by atoms with Crippen LogP contribution < -0.4 is 4.57 Å². The number of nitrogens with zero attached hydrogens (tertiary/aromatic N) is 2. The molecule has 0 radical (unpaired) electrons. The third-order valence-corrected chi connectivity index (χ3v) is 5.09. The monoisotopic (exact) mass is 474 g/mol. The second kappa shape index (κ2) is 10.9. The molecule has 33 heavy (non-hydrogen) atoms. The Morgan fingerprint density at radius 2 is 1.52 bits per heavy atom. The van der Waals surface area contributed by atoms with Crippen molar-refractivity contribution in [2.75, 3.05) is 6.61 Å². The molecule has 0 saturated heterocycles. The van der Waals surface area contributed by atoms with Gasteiger partial charge in [0.1, 0.15) is 5.69 Å². The van der Waals surface area contributed by atoms with Crippen LogP contribution in [0.2, 0.25) is 0 Å². The molecule has 2 aromatic heterocycles. The zero-order valence-electron chi connectivity index (χ0n) is 17.5. The summed E-state index contributed by atoms with van der Waals surface area (Å²) in [5.74, 6) is -0.368. The van der Waals surface area contributed by atoms with Crippen LogP contribution >= 0.6 is 11.3 Å². The highest BCUT2D eigenvalue weighted by Crippen LogP contribution is 2.27. The summed E-state index contributed by atoms with van der Waals surface area (Å²) in [6, 6.07) is 24.0. The van der Waals surface area contributed by atoms with Crippen LogP contribution in [-0.2, 0) is 4.74 Å². The van der Waals surface area contributed by atoms with Crippen molar-refractivity contribution in [3.63, 3.8) is 0 Å². The fourth-order valence-corrected chi connectivity index (χ4v) is 3.77. The van der Waals surface area contributed by atoms with Crippen molar-refractivity contribution in [3.8, 4) is 27.5 Å². The van der Waals surface area contributed by atoms with Crippen molar-refractivity contribution < 1.29 is 31.4 Å². The molecular weight excluding hydrogens is 455 g/mol. The van der Waals surface area contributed by atoms with Gasteiger partial charge in [-0.05, 0) is 29.1 Å². The van der Waals surface area contributed by atoms with Gasteiger partial charge in [-0.25, -0.2) is 4.79 Å². The second-order valence-electron chi connectivity index (χ2n) is 6.61. The molecule has 10 heteroatoms. The molecule has 0 unspecified atom stereocenters. The van der Waals surface area contributed by atoms with Crippen molar-refractivity contribution >= 4 is 24.6 Å². The molecule has 0 fully saturated rings. The van der Waals surface area contributed by atoms with Crippen molar-refractivity contribution in [3.05, 3.63) is 90.1 Å². The van der Waals surface area contributed by atoms with Gasteiger partial charge < -0.3 is 22.0 Å². The van der Waals surface area contributed by atoms with E-state index in [2.05, 4.69) is 11.1 Å². The first-order valence-corrected chi connectivity index (χ1v) is 10.8. The summed E-state index contributed by atoms with van der Waals surface area (Å²) < 4.78 is 46.2. The SMILES string of the molecule is CCOC(=O)c1cc(-c2ccccc2)cc(-c2ccccc2)[n+]1-c1nccs1.F[B-](F)(F)F. The highest BCUT2D eigenvalue weighted by molar-refractivity contribution is 7.11. The summed E-state index contributed by atoms with van der Waals surface area (Å²) in [7, 11) is -6.00. The van der Waals surface area contributed by atoms with Crippen LogP contribution in [0.5, 0.6) is 0 Å². The van der Waals surface area contributed by atoms with Crippen LogP contribution in [0.3, 0.4) is 0 Å². The molecule has 0 aliphatic rings. The van der Waals surface area contributed by atoms with Gasteiger partial charge in [0, 0.05) is 17.0 Å². The first kappa shape index (κ1) is 24.1. The van der Waals surface area contributed by atoms with E-state index in [4.69, 9.17) is 4.74 Å². The zero-order valence-corrected chi connectivity index (χ0v) is 18.3. The Kier molecular flexibility index (Phi) is 7.94. The highest BCUT2D eigenvalue weighted by Gasteiger charge is 2.27. The van der Waals surface area contributed by atoms with Gasteiger partial charge in [0.15, 0.2) is 6.20 Å². The van der Waals surface area contributed by atoms with E-state index in [-0.39, 0.29) is 5.97 Å². The van der Waals surface area contributed by atoms with E-state index < -0.39 is 7.25 Å². The average molecular weight is 474 g/mol. The number of hydrogen-bond acceptors (Lipinski definition) is 4. The number of hydrogen-bond donors (Lipinski definition) is 0. The molecule has 0 amide bonds. The lowest BCUT2D eigenvalue weighted by atomic mass is 10.0. The van der Waals surface area contributed by atoms with Gasteiger partial charge in [0.05, 0.1) is 6.61 Å². The molecule has 170 valence electrons. The maximum atomic E-state index is 12.9. The van der Waals surface area contributed by atoms with Crippen molar-refractivity contribution in [1.29, 1.82) is 0 Å². The highest BCUT2D eigenvalue weighted by atomic mass is 32.1. The fourth-order valence-electron chi connectivity index (χ4n) is 3.10. The normalized spacial score (nSPS) is 10.8. The van der Waals surface area contributed by atoms with Gasteiger partial charge in [0.2, 0.25) is 5.69 Å². The summed E-state index contributed by atoms with van der Waals surface area (Å²) in [4.78, 5) is 17.3. The van der Waals surface area contributed by atoms with Crippen molar-refractivity contribution in [2.45, 2.75) is 6.92 Å². The first-order chi connectivity index (χ1) is 15.8. The van der Waals surface area contributed by atoms with Crippen LogP contribution in [0.25, 0.3) is 27.5 Å². The maximum absolute atomic E-state index is 12.9. The smallest absolute Gasteiger partial charge is 0.460 e. The Labute approximate surface area is 192 Å². The summed E-state index contributed by atoms with van der Waals surface area (Å²) in [6.45, 7) is 2.12. The van der Waals surface area contributed by atoms with Crippen LogP contribution in [0.15, 0.2) is 84.4 Å². The Morgan fingerprint density at radius 3 is 2.03 bits per heavy atom. The fraction of sp³-hybridized carbons (Fsp3) is 0.0870. The van der Waals surface area contributed by atoms with E-state index in [1.54, 1.807) is 6.20 Å². The Morgan fingerprint density at radius 1 is 0.939 bits per heavy atom. The molecule has 4 aromatic rings.